The van der Waals surface area contributed by atoms with Crippen LogP contribution in [0.2, 0.25) is 0 Å². The maximum absolute atomic E-state index is 13.8. The van der Waals surface area contributed by atoms with Crippen LogP contribution in [0.4, 0.5) is 4.39 Å². The van der Waals surface area contributed by atoms with Crippen LogP contribution < -0.4 is 5.56 Å². The normalized spacial score (nSPS) is 14.7. The van der Waals surface area contributed by atoms with E-state index in [4.69, 9.17) is 0 Å². The number of aromatic nitrogens is 3. The van der Waals surface area contributed by atoms with Crippen molar-refractivity contribution in [2.75, 3.05) is 13.1 Å². The summed E-state index contributed by atoms with van der Waals surface area (Å²) in [5.41, 5.74) is 1.67. The van der Waals surface area contributed by atoms with E-state index in [1.165, 1.54) is 12.1 Å². The molecule has 0 bridgehead atoms. The van der Waals surface area contributed by atoms with E-state index in [1.54, 1.807) is 35.5 Å². The van der Waals surface area contributed by atoms with Crippen LogP contribution in [0, 0.1) is 5.82 Å². The van der Waals surface area contributed by atoms with Gasteiger partial charge in [-0.25, -0.2) is 9.37 Å². The first kappa shape index (κ1) is 19.0. The molecular weight excluding hydrogens is 371 g/mol. The molecule has 0 spiro atoms. The van der Waals surface area contributed by atoms with E-state index in [-0.39, 0.29) is 29.6 Å². The lowest BCUT2D eigenvalue weighted by Gasteiger charge is -2.31. The topological polar surface area (TPSA) is 79.0 Å². The molecule has 29 heavy (non-hydrogen) atoms. The third kappa shape index (κ3) is 4.39. The standard InChI is InChI=1S/C22H21FN4O2/c23-18-4-2-1-3-17(18)13-21(29)27-11-7-16(8-12-27)22-25-19(14-20(28)26-22)15-5-9-24-10-6-15/h1-6,9-10,14,16H,7-8,11-13H2,(H,25,26,28). The maximum Gasteiger partial charge on any atom is 0.251 e. The van der Waals surface area contributed by atoms with Crippen LogP contribution in [0.5, 0.6) is 0 Å². The largest absolute Gasteiger partial charge is 0.342 e. The summed E-state index contributed by atoms with van der Waals surface area (Å²) in [6, 6.07) is 11.5. The zero-order valence-electron chi connectivity index (χ0n) is 15.8. The zero-order chi connectivity index (χ0) is 20.2. The molecule has 0 radical (unpaired) electrons. The molecule has 1 aliphatic rings. The first-order chi connectivity index (χ1) is 14.1. The Hall–Kier alpha value is -3.35. The van der Waals surface area contributed by atoms with E-state index in [9.17, 15) is 14.0 Å². The molecule has 1 amide bonds. The van der Waals surface area contributed by atoms with Crippen molar-refractivity contribution in [3.05, 3.63) is 82.4 Å². The second kappa shape index (κ2) is 8.34. The fraction of sp³-hybridized carbons (Fsp3) is 0.273. The van der Waals surface area contributed by atoms with Crippen molar-refractivity contribution in [1.82, 2.24) is 19.9 Å². The number of hydrogen-bond donors (Lipinski definition) is 1. The van der Waals surface area contributed by atoms with Crippen molar-refractivity contribution in [2.45, 2.75) is 25.2 Å². The van der Waals surface area contributed by atoms with E-state index in [1.807, 2.05) is 12.1 Å². The molecule has 6 nitrogen and oxygen atoms in total. The van der Waals surface area contributed by atoms with Gasteiger partial charge in [-0.15, -0.1) is 0 Å². The summed E-state index contributed by atoms with van der Waals surface area (Å²) in [4.78, 5) is 37.9. The van der Waals surface area contributed by atoms with Crippen molar-refractivity contribution < 1.29 is 9.18 Å². The quantitative estimate of drug-likeness (QED) is 0.741. The predicted octanol–water partition coefficient (Wildman–Crippen LogP) is 2.92. The smallest absolute Gasteiger partial charge is 0.251 e. The number of nitrogens with one attached hydrogen (secondary N) is 1. The van der Waals surface area contributed by atoms with E-state index in [0.717, 1.165) is 5.56 Å². The van der Waals surface area contributed by atoms with Crippen molar-refractivity contribution in [3.63, 3.8) is 0 Å². The summed E-state index contributed by atoms with van der Waals surface area (Å²) < 4.78 is 13.8. The lowest BCUT2D eigenvalue weighted by Crippen LogP contribution is -2.39. The number of rotatable bonds is 4. The molecule has 1 saturated heterocycles. The highest BCUT2D eigenvalue weighted by molar-refractivity contribution is 5.79. The third-order valence-corrected chi connectivity index (χ3v) is 5.27. The summed E-state index contributed by atoms with van der Waals surface area (Å²) in [5.74, 6) is 0.276. The first-order valence-electron chi connectivity index (χ1n) is 9.63. The fourth-order valence-corrected chi connectivity index (χ4v) is 3.66. The maximum atomic E-state index is 13.8. The van der Waals surface area contributed by atoms with Crippen LogP contribution >= 0.6 is 0 Å². The Morgan fingerprint density at radius 3 is 2.59 bits per heavy atom. The van der Waals surface area contributed by atoms with Gasteiger partial charge in [0.1, 0.15) is 11.6 Å². The zero-order valence-corrected chi connectivity index (χ0v) is 15.8. The van der Waals surface area contributed by atoms with Crippen LogP contribution in [0.15, 0.2) is 59.7 Å². The van der Waals surface area contributed by atoms with Crippen LogP contribution in [0.1, 0.15) is 30.1 Å². The van der Waals surface area contributed by atoms with Gasteiger partial charge in [0.15, 0.2) is 0 Å². The van der Waals surface area contributed by atoms with Gasteiger partial charge in [-0.1, -0.05) is 18.2 Å². The van der Waals surface area contributed by atoms with Gasteiger partial charge in [0, 0.05) is 43.0 Å². The Morgan fingerprint density at radius 1 is 1.14 bits per heavy atom. The highest BCUT2D eigenvalue weighted by atomic mass is 19.1. The molecule has 0 unspecified atom stereocenters. The Kier molecular flexibility index (Phi) is 5.46. The molecule has 4 rings (SSSR count). The van der Waals surface area contributed by atoms with Crippen LogP contribution in [0.3, 0.4) is 0 Å². The van der Waals surface area contributed by atoms with Gasteiger partial charge in [0.25, 0.3) is 5.56 Å². The van der Waals surface area contributed by atoms with Crippen molar-refractivity contribution in [1.29, 1.82) is 0 Å². The van der Waals surface area contributed by atoms with Gasteiger partial charge >= 0.3 is 0 Å². The molecule has 148 valence electrons. The fourth-order valence-electron chi connectivity index (χ4n) is 3.66. The summed E-state index contributed by atoms with van der Waals surface area (Å²) in [6.07, 6.45) is 4.79. The number of benzene rings is 1. The average molecular weight is 392 g/mol. The third-order valence-electron chi connectivity index (χ3n) is 5.27. The molecule has 3 heterocycles. The lowest BCUT2D eigenvalue weighted by atomic mass is 9.95. The van der Waals surface area contributed by atoms with Gasteiger partial charge in [0.2, 0.25) is 5.91 Å². The Morgan fingerprint density at radius 2 is 1.86 bits per heavy atom. The molecule has 3 aromatic rings. The number of pyridine rings is 1. The molecule has 0 aliphatic carbocycles. The van der Waals surface area contributed by atoms with Crippen LogP contribution in [-0.2, 0) is 11.2 Å². The number of amides is 1. The number of carbonyl (C=O) groups is 1. The van der Waals surface area contributed by atoms with Gasteiger partial charge in [0.05, 0.1) is 12.1 Å². The van der Waals surface area contributed by atoms with Gasteiger partial charge in [-0.2, -0.15) is 0 Å². The summed E-state index contributed by atoms with van der Waals surface area (Å²) >= 11 is 0. The molecule has 1 N–H and O–H groups in total. The van der Waals surface area contributed by atoms with Crippen LogP contribution in [-0.4, -0.2) is 38.8 Å². The number of H-pyrrole nitrogens is 1. The Labute approximate surface area is 167 Å². The van der Waals surface area contributed by atoms with E-state index in [0.29, 0.717) is 43.0 Å². The second-order valence-corrected chi connectivity index (χ2v) is 7.18. The van der Waals surface area contributed by atoms with E-state index < -0.39 is 0 Å². The minimum atomic E-state index is -0.356. The Balaban J connectivity index is 1.43. The second-order valence-electron chi connectivity index (χ2n) is 7.18. The number of likely N-dealkylation sites (tertiary alicyclic amines) is 1. The molecule has 0 atom stereocenters. The minimum absolute atomic E-state index is 0.0595. The van der Waals surface area contributed by atoms with Crippen molar-refractivity contribution in [2.24, 2.45) is 0 Å². The number of piperidine rings is 1. The highest BCUT2D eigenvalue weighted by Crippen LogP contribution is 2.27. The lowest BCUT2D eigenvalue weighted by molar-refractivity contribution is -0.131. The molecule has 0 saturated carbocycles. The summed E-state index contributed by atoms with van der Waals surface area (Å²) in [7, 11) is 0. The molecule has 1 fully saturated rings. The van der Waals surface area contributed by atoms with Gasteiger partial charge in [-0.3, -0.25) is 14.6 Å². The molecule has 1 aliphatic heterocycles. The summed E-state index contributed by atoms with van der Waals surface area (Å²) in [5, 5.41) is 0. The molecule has 1 aromatic carbocycles. The van der Waals surface area contributed by atoms with E-state index in [2.05, 4.69) is 15.0 Å². The Bertz CT molecular complexity index is 1060. The van der Waals surface area contributed by atoms with Crippen LogP contribution in [0.25, 0.3) is 11.3 Å². The first-order valence-corrected chi connectivity index (χ1v) is 9.63. The summed E-state index contributed by atoms with van der Waals surface area (Å²) in [6.45, 7) is 1.11. The SMILES string of the molecule is O=C(Cc1ccccc1F)N1CCC(c2nc(-c3ccncc3)cc(=O)[nH]2)CC1. The van der Waals surface area contributed by atoms with Crippen molar-refractivity contribution in [3.8, 4) is 11.3 Å². The number of aromatic amines is 1. The number of hydrogen-bond acceptors (Lipinski definition) is 4. The number of carbonyl (C=O) groups excluding carboxylic acids is 1. The highest BCUT2D eigenvalue weighted by Gasteiger charge is 2.26. The predicted molar refractivity (Wildman–Crippen MR) is 107 cm³/mol. The monoisotopic (exact) mass is 392 g/mol. The average Bonchev–Trinajstić information content (AvgIpc) is 2.75. The number of nitrogens with zero attached hydrogens (tertiary/aromatic N) is 3. The molecule has 7 heteroatoms. The van der Waals surface area contributed by atoms with Gasteiger partial charge < -0.3 is 9.88 Å². The molecular formula is C22H21FN4O2. The molecule has 2 aromatic heterocycles. The van der Waals surface area contributed by atoms with E-state index >= 15 is 0 Å². The number of halogens is 1. The minimum Gasteiger partial charge on any atom is -0.342 e. The van der Waals surface area contributed by atoms with Crippen molar-refractivity contribution >= 4 is 5.91 Å². The van der Waals surface area contributed by atoms with Gasteiger partial charge in [-0.05, 0) is 36.6 Å².